The fraction of sp³-hybridized carbons (Fsp3) is 0.280. The lowest BCUT2D eigenvalue weighted by Gasteiger charge is -2.20. The summed E-state index contributed by atoms with van der Waals surface area (Å²) < 4.78 is 23.8. The maximum absolute atomic E-state index is 13.0. The van der Waals surface area contributed by atoms with E-state index in [9.17, 15) is 9.90 Å². The highest BCUT2D eigenvalue weighted by Crippen LogP contribution is 2.38. The van der Waals surface area contributed by atoms with Crippen LogP contribution in [0.4, 0.5) is 0 Å². The molecule has 0 fully saturated rings. The zero-order valence-corrected chi connectivity index (χ0v) is 19.9. The van der Waals surface area contributed by atoms with Gasteiger partial charge in [0.25, 0.3) is 11.4 Å². The maximum atomic E-state index is 13.0. The van der Waals surface area contributed by atoms with E-state index in [0.29, 0.717) is 29.5 Å². The van der Waals surface area contributed by atoms with Crippen LogP contribution in [0.25, 0.3) is 17.1 Å². The molecule has 0 saturated heterocycles. The molecule has 0 spiro atoms. The molecular formula is C25H26N4O6. The van der Waals surface area contributed by atoms with Crippen LogP contribution in [-0.2, 0) is 17.8 Å². The molecule has 10 heteroatoms. The number of ether oxygens (including phenoxy) is 3. The van der Waals surface area contributed by atoms with E-state index in [0.717, 1.165) is 5.56 Å². The third kappa shape index (κ3) is 5.02. The number of hydrogen-bond donors (Lipinski definition) is 1. The van der Waals surface area contributed by atoms with E-state index in [1.54, 1.807) is 18.2 Å². The number of benzene rings is 2. The number of methoxy groups -OCH3 is 2. The van der Waals surface area contributed by atoms with Crippen molar-refractivity contribution in [3.63, 3.8) is 0 Å². The summed E-state index contributed by atoms with van der Waals surface area (Å²) in [5, 5.41) is 19.4. The molecule has 4 aromatic rings. The quantitative estimate of drug-likeness (QED) is 0.385. The first-order valence-electron chi connectivity index (χ1n) is 11.0. The van der Waals surface area contributed by atoms with E-state index < -0.39 is 11.4 Å². The molecule has 35 heavy (non-hydrogen) atoms. The van der Waals surface area contributed by atoms with Crippen LogP contribution in [0.2, 0.25) is 0 Å². The van der Waals surface area contributed by atoms with Crippen molar-refractivity contribution in [1.82, 2.24) is 19.7 Å². The van der Waals surface area contributed by atoms with Gasteiger partial charge in [0, 0.05) is 0 Å². The van der Waals surface area contributed by atoms with Crippen molar-refractivity contribution in [3.05, 3.63) is 76.2 Å². The topological polar surface area (TPSA) is 122 Å². The Morgan fingerprint density at radius 3 is 2.31 bits per heavy atom. The first-order valence-corrected chi connectivity index (χ1v) is 11.0. The van der Waals surface area contributed by atoms with E-state index >= 15 is 0 Å². The van der Waals surface area contributed by atoms with Crippen molar-refractivity contribution in [2.24, 2.45) is 0 Å². The molecule has 1 N–H and O–H groups in total. The van der Waals surface area contributed by atoms with Crippen LogP contribution in [-0.4, -0.2) is 45.2 Å². The normalized spacial score (nSPS) is 11.1. The number of para-hydroxylation sites is 1. The summed E-state index contributed by atoms with van der Waals surface area (Å²) in [7, 11) is 2.98. The summed E-state index contributed by atoms with van der Waals surface area (Å²) >= 11 is 0. The molecule has 2 aromatic heterocycles. The van der Waals surface area contributed by atoms with Gasteiger partial charge in [-0.05, 0) is 31.5 Å². The second kappa shape index (κ2) is 10.4. The van der Waals surface area contributed by atoms with Crippen LogP contribution in [0.1, 0.15) is 31.1 Å². The van der Waals surface area contributed by atoms with Crippen molar-refractivity contribution in [2.45, 2.75) is 33.0 Å². The summed E-state index contributed by atoms with van der Waals surface area (Å²) in [6.45, 7) is 3.66. The minimum Gasteiger partial charge on any atom is -0.494 e. The lowest BCUT2D eigenvalue weighted by Crippen LogP contribution is -2.22. The molecule has 0 aliphatic carbocycles. The maximum Gasteiger partial charge on any atom is 0.289 e. The van der Waals surface area contributed by atoms with Gasteiger partial charge in [0.15, 0.2) is 5.56 Å². The van der Waals surface area contributed by atoms with Gasteiger partial charge in [-0.2, -0.15) is 4.98 Å². The monoisotopic (exact) mass is 478 g/mol. The molecule has 0 radical (unpaired) electrons. The molecule has 0 saturated carbocycles. The van der Waals surface area contributed by atoms with Crippen molar-refractivity contribution in [2.75, 3.05) is 14.2 Å². The molecule has 182 valence electrons. The van der Waals surface area contributed by atoms with Crippen molar-refractivity contribution in [3.8, 4) is 34.5 Å². The molecule has 10 nitrogen and oxygen atoms in total. The highest BCUT2D eigenvalue weighted by Gasteiger charge is 2.27. The summed E-state index contributed by atoms with van der Waals surface area (Å²) in [6.07, 6.45) is 0.231. The predicted molar refractivity (Wildman–Crippen MR) is 127 cm³/mol. The summed E-state index contributed by atoms with van der Waals surface area (Å²) in [5.41, 5.74) is 0.334. The Kier molecular flexibility index (Phi) is 7.11. The number of nitrogens with zero attached hydrogens (tertiary/aromatic N) is 4. The van der Waals surface area contributed by atoms with Gasteiger partial charge in [-0.25, -0.2) is 0 Å². The summed E-state index contributed by atoms with van der Waals surface area (Å²) in [4.78, 5) is 17.2. The number of aromatic nitrogens is 4. The lowest BCUT2D eigenvalue weighted by molar-refractivity contribution is 0.0594. The minimum absolute atomic E-state index is 0.0506. The Hall–Kier alpha value is -4.18. The molecule has 0 bridgehead atoms. The zero-order chi connectivity index (χ0) is 24.9. The highest BCUT2D eigenvalue weighted by atomic mass is 16.5. The van der Waals surface area contributed by atoms with Crippen LogP contribution in [0, 0.1) is 0 Å². The lowest BCUT2D eigenvalue weighted by atomic mass is 10.2. The Morgan fingerprint density at radius 1 is 1.00 bits per heavy atom. The summed E-state index contributed by atoms with van der Waals surface area (Å²) in [5.74, 6) is 0.611. The second-order valence-corrected chi connectivity index (χ2v) is 7.90. The van der Waals surface area contributed by atoms with Crippen molar-refractivity contribution < 1.29 is 23.7 Å². The van der Waals surface area contributed by atoms with Gasteiger partial charge < -0.3 is 23.7 Å². The first kappa shape index (κ1) is 24.0. The molecule has 4 rings (SSSR count). The minimum atomic E-state index is -0.732. The van der Waals surface area contributed by atoms with Gasteiger partial charge in [0.1, 0.15) is 29.6 Å². The van der Waals surface area contributed by atoms with E-state index in [2.05, 4.69) is 15.2 Å². The third-order valence-corrected chi connectivity index (χ3v) is 5.19. The van der Waals surface area contributed by atoms with Crippen molar-refractivity contribution in [1.29, 1.82) is 0 Å². The van der Waals surface area contributed by atoms with Crippen LogP contribution in [0.15, 0.2) is 57.7 Å². The third-order valence-electron chi connectivity index (χ3n) is 5.19. The summed E-state index contributed by atoms with van der Waals surface area (Å²) in [6, 6.07) is 14.7. The zero-order valence-electron chi connectivity index (χ0n) is 19.9. The Labute approximate surface area is 201 Å². The van der Waals surface area contributed by atoms with Gasteiger partial charge >= 0.3 is 0 Å². The van der Waals surface area contributed by atoms with Crippen LogP contribution < -0.4 is 15.0 Å². The van der Waals surface area contributed by atoms with Gasteiger partial charge in [-0.15, -0.1) is 10.2 Å². The fourth-order valence-electron chi connectivity index (χ4n) is 3.56. The van der Waals surface area contributed by atoms with Crippen LogP contribution in [0.5, 0.6) is 17.4 Å². The second-order valence-electron chi connectivity index (χ2n) is 7.90. The van der Waals surface area contributed by atoms with E-state index in [1.807, 2.05) is 44.2 Å². The Morgan fingerprint density at radius 2 is 1.69 bits per heavy atom. The Balaban J connectivity index is 1.88. The smallest absolute Gasteiger partial charge is 0.289 e. The van der Waals surface area contributed by atoms with Crippen molar-refractivity contribution >= 4 is 0 Å². The van der Waals surface area contributed by atoms with Gasteiger partial charge in [0.05, 0.1) is 26.7 Å². The Bertz CT molecular complexity index is 1340. The van der Waals surface area contributed by atoms with E-state index in [-0.39, 0.29) is 30.0 Å². The molecule has 2 heterocycles. The van der Waals surface area contributed by atoms with Gasteiger partial charge in [-0.1, -0.05) is 36.4 Å². The number of hydrogen-bond acceptors (Lipinski definition) is 9. The molecule has 0 amide bonds. The van der Waals surface area contributed by atoms with Gasteiger partial charge in [0.2, 0.25) is 11.8 Å². The largest absolute Gasteiger partial charge is 0.494 e. The molecular weight excluding hydrogens is 452 g/mol. The first-order chi connectivity index (χ1) is 16.9. The molecule has 0 unspecified atom stereocenters. The SMILES string of the molecule is COc1cccc(OC)c1-n1c(COC(C)C)nc(=O)c(-c2nnc(Cc3ccccc3)o2)c1O. The standard InChI is InChI=1S/C25H26N4O6/c1-15(2)34-14-19-26-23(30)21(24-28-27-20(35-24)13-16-9-6-5-7-10-16)25(31)29(19)22-17(32-3)11-8-12-18(22)33-4/h5-12,15,31H,13-14H2,1-4H3. The average molecular weight is 479 g/mol. The number of rotatable bonds is 9. The molecule has 2 aromatic carbocycles. The predicted octanol–water partition coefficient (Wildman–Crippen LogP) is 3.52. The average Bonchev–Trinajstić information content (AvgIpc) is 3.30. The van der Waals surface area contributed by atoms with Crippen LogP contribution in [0.3, 0.4) is 0 Å². The molecule has 0 aliphatic heterocycles. The van der Waals surface area contributed by atoms with Gasteiger partial charge in [-0.3, -0.25) is 9.36 Å². The fourth-order valence-corrected chi connectivity index (χ4v) is 3.56. The number of aromatic hydroxyl groups is 1. The van der Waals surface area contributed by atoms with E-state index in [4.69, 9.17) is 18.6 Å². The molecule has 0 aliphatic rings. The molecule has 0 atom stereocenters. The highest BCUT2D eigenvalue weighted by molar-refractivity contribution is 5.65. The van der Waals surface area contributed by atoms with E-state index in [1.165, 1.54) is 18.8 Å². The van der Waals surface area contributed by atoms with Crippen LogP contribution >= 0.6 is 0 Å².